The van der Waals surface area contributed by atoms with Crippen LogP contribution in [0.3, 0.4) is 0 Å². The van der Waals surface area contributed by atoms with Crippen molar-refractivity contribution in [3.8, 4) is 0 Å². The monoisotopic (exact) mass is 206 g/mol. The number of ether oxygens (including phenoxy) is 1. The predicted molar refractivity (Wildman–Crippen MR) is 59.5 cm³/mol. The maximum absolute atomic E-state index is 5.63. The molecule has 1 aromatic rings. The Balaban J connectivity index is 1.66. The molecule has 1 N–H and O–H groups in total. The Kier molecular flexibility index (Phi) is 4.11. The normalized spacial score (nSPS) is 21.5. The van der Waals surface area contributed by atoms with Gasteiger partial charge in [0, 0.05) is 12.2 Å². The van der Waals surface area contributed by atoms with Gasteiger partial charge in [-0.2, -0.15) is 0 Å². The molecule has 0 saturated carbocycles. The van der Waals surface area contributed by atoms with Gasteiger partial charge in [-0.15, -0.1) is 0 Å². The largest absolute Gasteiger partial charge is 0.374 e. The maximum Gasteiger partial charge on any atom is 0.0888 e. The summed E-state index contributed by atoms with van der Waals surface area (Å²) < 4.78 is 5.63. The van der Waals surface area contributed by atoms with Crippen molar-refractivity contribution < 1.29 is 4.74 Å². The zero-order valence-electron chi connectivity index (χ0n) is 8.98. The van der Waals surface area contributed by atoms with Gasteiger partial charge < -0.3 is 10.1 Å². The van der Waals surface area contributed by atoms with Crippen LogP contribution in [0.1, 0.15) is 25.0 Å². The highest BCUT2D eigenvalue weighted by Crippen LogP contribution is 2.07. The standard InChI is InChI=1S/C12H18N2O/c1-3-7-13-11(5-1)9-15-10-12-6-2-4-8-14-12/h1,3,5,7,12,14H,2,4,6,8-10H2/t12-/m1/s1. The van der Waals surface area contributed by atoms with E-state index in [0.717, 1.165) is 18.8 Å². The number of hydrogen-bond donors (Lipinski definition) is 1. The molecule has 1 aliphatic rings. The van der Waals surface area contributed by atoms with Gasteiger partial charge in [-0.05, 0) is 31.5 Å². The third-order valence-corrected chi connectivity index (χ3v) is 2.71. The van der Waals surface area contributed by atoms with Crippen molar-refractivity contribution in [1.82, 2.24) is 10.3 Å². The van der Waals surface area contributed by atoms with E-state index in [0.29, 0.717) is 12.6 Å². The molecule has 0 aromatic carbocycles. The Morgan fingerprint density at radius 3 is 3.13 bits per heavy atom. The van der Waals surface area contributed by atoms with Gasteiger partial charge in [0.15, 0.2) is 0 Å². The molecular formula is C12H18N2O. The second kappa shape index (κ2) is 5.83. The number of aromatic nitrogens is 1. The first-order valence-electron chi connectivity index (χ1n) is 5.66. The molecule has 0 radical (unpaired) electrons. The molecule has 1 aliphatic heterocycles. The van der Waals surface area contributed by atoms with E-state index in [9.17, 15) is 0 Å². The molecule has 1 saturated heterocycles. The van der Waals surface area contributed by atoms with Crippen LogP contribution in [-0.2, 0) is 11.3 Å². The van der Waals surface area contributed by atoms with E-state index in [1.54, 1.807) is 6.20 Å². The summed E-state index contributed by atoms with van der Waals surface area (Å²) in [6.07, 6.45) is 5.67. The van der Waals surface area contributed by atoms with Gasteiger partial charge in [-0.3, -0.25) is 4.98 Å². The molecule has 0 amide bonds. The average Bonchev–Trinajstić information content (AvgIpc) is 2.32. The Morgan fingerprint density at radius 1 is 1.40 bits per heavy atom. The van der Waals surface area contributed by atoms with Crippen LogP contribution in [0.15, 0.2) is 24.4 Å². The molecule has 1 atom stereocenters. The zero-order valence-corrected chi connectivity index (χ0v) is 8.98. The van der Waals surface area contributed by atoms with Crippen LogP contribution in [-0.4, -0.2) is 24.2 Å². The lowest BCUT2D eigenvalue weighted by molar-refractivity contribution is 0.0890. The highest BCUT2D eigenvalue weighted by Gasteiger charge is 2.11. The Bertz CT molecular complexity index is 270. The van der Waals surface area contributed by atoms with Gasteiger partial charge >= 0.3 is 0 Å². The molecule has 0 spiro atoms. The fourth-order valence-electron chi connectivity index (χ4n) is 1.86. The van der Waals surface area contributed by atoms with E-state index in [1.807, 2.05) is 18.2 Å². The fraction of sp³-hybridized carbons (Fsp3) is 0.583. The maximum atomic E-state index is 5.63. The molecule has 1 aromatic heterocycles. The number of pyridine rings is 1. The van der Waals surface area contributed by atoms with Crippen LogP contribution >= 0.6 is 0 Å². The number of hydrogen-bond acceptors (Lipinski definition) is 3. The van der Waals surface area contributed by atoms with Crippen molar-refractivity contribution in [2.75, 3.05) is 13.2 Å². The zero-order chi connectivity index (χ0) is 10.3. The van der Waals surface area contributed by atoms with Crippen molar-refractivity contribution in [3.05, 3.63) is 30.1 Å². The SMILES string of the molecule is c1ccc(COC[C@H]2CCCCN2)nc1. The molecule has 3 nitrogen and oxygen atoms in total. The van der Waals surface area contributed by atoms with E-state index >= 15 is 0 Å². The van der Waals surface area contributed by atoms with E-state index in [2.05, 4.69) is 10.3 Å². The van der Waals surface area contributed by atoms with Crippen molar-refractivity contribution in [3.63, 3.8) is 0 Å². The Hall–Kier alpha value is -0.930. The van der Waals surface area contributed by atoms with Gasteiger partial charge in [0.05, 0.1) is 18.9 Å². The summed E-state index contributed by atoms with van der Waals surface area (Å²) in [6, 6.07) is 6.45. The number of rotatable bonds is 4. The lowest BCUT2D eigenvalue weighted by atomic mass is 10.1. The van der Waals surface area contributed by atoms with E-state index < -0.39 is 0 Å². The summed E-state index contributed by atoms with van der Waals surface area (Å²) in [5, 5.41) is 3.46. The van der Waals surface area contributed by atoms with E-state index in [-0.39, 0.29) is 0 Å². The minimum atomic E-state index is 0.544. The fourth-order valence-corrected chi connectivity index (χ4v) is 1.86. The second-order valence-electron chi connectivity index (χ2n) is 3.98. The smallest absolute Gasteiger partial charge is 0.0888 e. The van der Waals surface area contributed by atoms with Crippen LogP contribution in [0.5, 0.6) is 0 Å². The Labute approximate surface area is 90.9 Å². The van der Waals surface area contributed by atoms with Crippen LogP contribution in [0, 0.1) is 0 Å². The molecule has 0 bridgehead atoms. The van der Waals surface area contributed by atoms with Crippen molar-refractivity contribution in [2.45, 2.75) is 31.9 Å². The minimum Gasteiger partial charge on any atom is -0.374 e. The summed E-state index contributed by atoms with van der Waals surface area (Å²) in [4.78, 5) is 4.22. The predicted octanol–water partition coefficient (Wildman–Crippen LogP) is 1.74. The molecule has 1 fully saturated rings. The van der Waals surface area contributed by atoms with E-state index in [4.69, 9.17) is 4.74 Å². The third kappa shape index (κ3) is 3.61. The van der Waals surface area contributed by atoms with Crippen molar-refractivity contribution in [2.24, 2.45) is 0 Å². The molecule has 0 aliphatic carbocycles. The van der Waals surface area contributed by atoms with Gasteiger partial charge in [-0.1, -0.05) is 12.5 Å². The third-order valence-electron chi connectivity index (χ3n) is 2.71. The molecule has 15 heavy (non-hydrogen) atoms. The average molecular weight is 206 g/mol. The summed E-state index contributed by atoms with van der Waals surface area (Å²) in [5.74, 6) is 0. The highest BCUT2D eigenvalue weighted by molar-refractivity contribution is 5.01. The topological polar surface area (TPSA) is 34.1 Å². The molecule has 82 valence electrons. The van der Waals surface area contributed by atoms with Crippen molar-refractivity contribution in [1.29, 1.82) is 0 Å². The molecule has 3 heteroatoms. The summed E-state index contributed by atoms with van der Waals surface area (Å²) in [5.41, 5.74) is 1.01. The van der Waals surface area contributed by atoms with Gasteiger partial charge in [-0.25, -0.2) is 0 Å². The number of nitrogens with zero attached hydrogens (tertiary/aromatic N) is 1. The molecular weight excluding hydrogens is 188 g/mol. The van der Waals surface area contributed by atoms with Gasteiger partial charge in [0.1, 0.15) is 0 Å². The van der Waals surface area contributed by atoms with Crippen LogP contribution in [0.2, 0.25) is 0 Å². The van der Waals surface area contributed by atoms with E-state index in [1.165, 1.54) is 19.3 Å². The number of nitrogens with one attached hydrogen (secondary N) is 1. The lowest BCUT2D eigenvalue weighted by Crippen LogP contribution is -2.37. The molecule has 2 heterocycles. The van der Waals surface area contributed by atoms with Crippen LogP contribution in [0.4, 0.5) is 0 Å². The quantitative estimate of drug-likeness (QED) is 0.814. The number of piperidine rings is 1. The van der Waals surface area contributed by atoms with Crippen molar-refractivity contribution >= 4 is 0 Å². The van der Waals surface area contributed by atoms with Crippen LogP contribution in [0.25, 0.3) is 0 Å². The highest BCUT2D eigenvalue weighted by atomic mass is 16.5. The van der Waals surface area contributed by atoms with Crippen LogP contribution < -0.4 is 5.32 Å². The summed E-state index contributed by atoms with van der Waals surface area (Å²) in [7, 11) is 0. The molecule has 2 rings (SSSR count). The van der Waals surface area contributed by atoms with Gasteiger partial charge in [0.25, 0.3) is 0 Å². The Morgan fingerprint density at radius 2 is 2.40 bits per heavy atom. The summed E-state index contributed by atoms with van der Waals surface area (Å²) in [6.45, 7) is 2.56. The van der Waals surface area contributed by atoms with Gasteiger partial charge in [0.2, 0.25) is 0 Å². The second-order valence-corrected chi connectivity index (χ2v) is 3.98. The minimum absolute atomic E-state index is 0.544. The first-order chi connectivity index (χ1) is 7.45. The lowest BCUT2D eigenvalue weighted by Gasteiger charge is -2.23. The first-order valence-corrected chi connectivity index (χ1v) is 5.66. The first kappa shape index (κ1) is 10.6. The summed E-state index contributed by atoms with van der Waals surface area (Å²) >= 11 is 0. The molecule has 0 unspecified atom stereocenters.